The highest BCUT2D eigenvalue weighted by Gasteiger charge is 2.09. The van der Waals surface area contributed by atoms with Gasteiger partial charge in [-0.05, 0) is 37.1 Å². The fraction of sp³-hybridized carbons (Fsp3) is 0.500. The van der Waals surface area contributed by atoms with Crippen LogP contribution in [0.1, 0.15) is 17.9 Å². The van der Waals surface area contributed by atoms with Crippen molar-refractivity contribution in [1.82, 2.24) is 15.1 Å². The molecule has 5 heteroatoms. The molecule has 1 aromatic heterocycles. The summed E-state index contributed by atoms with van der Waals surface area (Å²) in [7, 11) is 0. The van der Waals surface area contributed by atoms with Crippen molar-refractivity contribution in [3.05, 3.63) is 35.7 Å². The van der Waals surface area contributed by atoms with Crippen LogP contribution in [0.5, 0.6) is 0 Å². The number of hydrogen-bond acceptors (Lipinski definition) is 5. The van der Waals surface area contributed by atoms with E-state index >= 15 is 0 Å². The number of nitrogens with zero attached hydrogens (tertiary/aromatic N) is 3. The minimum atomic E-state index is 0.590. The lowest BCUT2D eigenvalue weighted by molar-refractivity contribution is 0.0375. The lowest BCUT2D eigenvalue weighted by Gasteiger charge is -2.26. The van der Waals surface area contributed by atoms with E-state index in [9.17, 15) is 0 Å². The minimum Gasteiger partial charge on any atom is -0.421 e. The van der Waals surface area contributed by atoms with Crippen LogP contribution >= 0.6 is 0 Å². The average Bonchev–Trinajstić information content (AvgIpc) is 2.96. The molecule has 0 atom stereocenters. The Morgan fingerprint density at radius 2 is 1.86 bits per heavy atom. The molecule has 0 radical (unpaired) electrons. The quantitative estimate of drug-likeness (QED) is 0.844. The fourth-order valence-corrected chi connectivity index (χ4v) is 2.56. The summed E-state index contributed by atoms with van der Waals surface area (Å²) < 4.78 is 10.8. The van der Waals surface area contributed by atoms with Crippen molar-refractivity contribution >= 4 is 0 Å². The van der Waals surface area contributed by atoms with Gasteiger partial charge in [-0.3, -0.25) is 4.90 Å². The maximum atomic E-state index is 5.43. The molecular weight excluding hydrogens is 266 g/mol. The summed E-state index contributed by atoms with van der Waals surface area (Å²) >= 11 is 0. The van der Waals surface area contributed by atoms with E-state index in [-0.39, 0.29) is 0 Å². The second kappa shape index (κ2) is 6.83. The number of hydrogen-bond donors (Lipinski definition) is 0. The highest BCUT2D eigenvalue weighted by Crippen LogP contribution is 2.18. The van der Waals surface area contributed by atoms with Crippen molar-refractivity contribution < 1.29 is 9.15 Å². The van der Waals surface area contributed by atoms with E-state index in [2.05, 4.69) is 39.4 Å². The number of benzene rings is 1. The van der Waals surface area contributed by atoms with Crippen LogP contribution in [0.3, 0.4) is 0 Å². The van der Waals surface area contributed by atoms with E-state index in [0.717, 1.165) is 44.8 Å². The summed E-state index contributed by atoms with van der Waals surface area (Å²) in [5.41, 5.74) is 2.33. The van der Waals surface area contributed by atoms with Gasteiger partial charge in [0.1, 0.15) is 0 Å². The molecule has 0 amide bonds. The number of aryl methyl sites for hydroxylation is 2. The fourth-order valence-electron chi connectivity index (χ4n) is 2.56. The first-order chi connectivity index (χ1) is 10.3. The van der Waals surface area contributed by atoms with Crippen molar-refractivity contribution in [1.29, 1.82) is 0 Å². The summed E-state index contributed by atoms with van der Waals surface area (Å²) in [5, 5.41) is 7.89. The first-order valence-electron chi connectivity index (χ1n) is 7.51. The molecule has 2 aromatic rings. The van der Waals surface area contributed by atoms with Gasteiger partial charge < -0.3 is 9.15 Å². The summed E-state index contributed by atoms with van der Waals surface area (Å²) in [6.45, 7) is 6.83. The van der Waals surface area contributed by atoms with Gasteiger partial charge in [-0.2, -0.15) is 0 Å². The van der Waals surface area contributed by atoms with E-state index in [1.807, 2.05) is 0 Å². The topological polar surface area (TPSA) is 51.4 Å². The predicted octanol–water partition coefficient (Wildman–Crippen LogP) is 2.31. The van der Waals surface area contributed by atoms with Gasteiger partial charge in [-0.25, -0.2) is 0 Å². The molecule has 2 heterocycles. The zero-order valence-corrected chi connectivity index (χ0v) is 12.4. The molecular formula is C16H21N3O2. The first kappa shape index (κ1) is 14.2. The summed E-state index contributed by atoms with van der Waals surface area (Å²) in [6, 6.07) is 8.40. The average molecular weight is 287 g/mol. The molecule has 112 valence electrons. The van der Waals surface area contributed by atoms with Crippen LogP contribution in [0.25, 0.3) is 11.5 Å². The predicted molar refractivity (Wildman–Crippen MR) is 80.1 cm³/mol. The van der Waals surface area contributed by atoms with Crippen LogP contribution in [0.4, 0.5) is 0 Å². The van der Waals surface area contributed by atoms with Crippen molar-refractivity contribution in [3.63, 3.8) is 0 Å². The largest absolute Gasteiger partial charge is 0.421 e. The number of rotatable bonds is 5. The maximum Gasteiger partial charge on any atom is 0.247 e. The second-order valence-electron chi connectivity index (χ2n) is 5.38. The van der Waals surface area contributed by atoms with Crippen LogP contribution in [-0.4, -0.2) is 47.9 Å². The SMILES string of the molecule is Cc1nnc(-c2ccc(CCCN3CCOCC3)cc2)o1. The van der Waals surface area contributed by atoms with Gasteiger partial charge in [-0.15, -0.1) is 10.2 Å². The van der Waals surface area contributed by atoms with Crippen LogP contribution in [0.15, 0.2) is 28.7 Å². The Hall–Kier alpha value is -1.72. The minimum absolute atomic E-state index is 0.590. The van der Waals surface area contributed by atoms with E-state index in [1.165, 1.54) is 12.0 Å². The molecule has 0 unspecified atom stereocenters. The Kier molecular flexibility index (Phi) is 4.62. The van der Waals surface area contributed by atoms with Crippen molar-refractivity contribution in [2.45, 2.75) is 19.8 Å². The molecule has 0 aliphatic carbocycles. The second-order valence-corrected chi connectivity index (χ2v) is 5.38. The smallest absolute Gasteiger partial charge is 0.247 e. The highest BCUT2D eigenvalue weighted by molar-refractivity contribution is 5.52. The van der Waals surface area contributed by atoms with E-state index in [1.54, 1.807) is 6.92 Å². The van der Waals surface area contributed by atoms with Gasteiger partial charge in [0.05, 0.1) is 13.2 Å². The van der Waals surface area contributed by atoms with Crippen LogP contribution in [-0.2, 0) is 11.2 Å². The van der Waals surface area contributed by atoms with Crippen molar-refractivity contribution in [2.24, 2.45) is 0 Å². The summed E-state index contributed by atoms with van der Waals surface area (Å²) in [5.74, 6) is 1.19. The molecule has 0 spiro atoms. The van der Waals surface area contributed by atoms with Gasteiger partial charge >= 0.3 is 0 Å². The molecule has 1 aliphatic rings. The summed E-state index contributed by atoms with van der Waals surface area (Å²) in [4.78, 5) is 2.47. The lowest BCUT2D eigenvalue weighted by atomic mass is 10.1. The maximum absolute atomic E-state index is 5.43. The molecule has 1 aromatic carbocycles. The number of morpholine rings is 1. The van der Waals surface area contributed by atoms with Gasteiger partial charge in [0.2, 0.25) is 11.8 Å². The zero-order chi connectivity index (χ0) is 14.5. The Morgan fingerprint density at radius 1 is 1.10 bits per heavy atom. The summed E-state index contributed by atoms with van der Waals surface area (Å²) in [6.07, 6.45) is 2.28. The molecule has 0 saturated carbocycles. The number of aromatic nitrogens is 2. The van der Waals surface area contributed by atoms with Crippen molar-refractivity contribution in [3.8, 4) is 11.5 Å². The van der Waals surface area contributed by atoms with E-state index in [0.29, 0.717) is 11.8 Å². The third-order valence-corrected chi connectivity index (χ3v) is 3.77. The third-order valence-electron chi connectivity index (χ3n) is 3.77. The van der Waals surface area contributed by atoms with E-state index in [4.69, 9.17) is 9.15 Å². The van der Waals surface area contributed by atoms with Crippen LogP contribution < -0.4 is 0 Å². The van der Waals surface area contributed by atoms with Gasteiger partial charge in [0, 0.05) is 25.6 Å². The Bertz CT molecular complexity index is 559. The standard InChI is InChI=1S/C16H21N3O2/c1-13-17-18-16(21-13)15-6-4-14(5-7-15)3-2-8-19-9-11-20-12-10-19/h4-7H,2-3,8-12H2,1H3. The highest BCUT2D eigenvalue weighted by atomic mass is 16.5. The molecule has 0 N–H and O–H groups in total. The van der Waals surface area contributed by atoms with Crippen molar-refractivity contribution in [2.75, 3.05) is 32.8 Å². The van der Waals surface area contributed by atoms with E-state index < -0.39 is 0 Å². The van der Waals surface area contributed by atoms with Gasteiger partial charge in [0.15, 0.2) is 0 Å². The lowest BCUT2D eigenvalue weighted by Crippen LogP contribution is -2.36. The van der Waals surface area contributed by atoms with Gasteiger partial charge in [-0.1, -0.05) is 12.1 Å². The Morgan fingerprint density at radius 3 is 2.52 bits per heavy atom. The van der Waals surface area contributed by atoms with Crippen LogP contribution in [0, 0.1) is 6.92 Å². The van der Waals surface area contributed by atoms with Gasteiger partial charge in [0.25, 0.3) is 0 Å². The molecule has 5 nitrogen and oxygen atoms in total. The normalized spacial score (nSPS) is 16.2. The molecule has 1 fully saturated rings. The number of ether oxygens (including phenoxy) is 1. The molecule has 3 rings (SSSR count). The first-order valence-corrected chi connectivity index (χ1v) is 7.51. The monoisotopic (exact) mass is 287 g/mol. The molecule has 21 heavy (non-hydrogen) atoms. The molecule has 1 saturated heterocycles. The zero-order valence-electron chi connectivity index (χ0n) is 12.4. The Balaban J connectivity index is 1.50. The van der Waals surface area contributed by atoms with Crippen LogP contribution in [0.2, 0.25) is 0 Å². The Labute approximate surface area is 124 Å². The molecule has 1 aliphatic heterocycles. The molecule has 0 bridgehead atoms. The third kappa shape index (κ3) is 3.89.